The van der Waals surface area contributed by atoms with Crippen molar-refractivity contribution in [2.24, 2.45) is 0 Å². The number of hydrogen-bond donors (Lipinski definition) is 0. The molecule has 0 bridgehead atoms. The van der Waals surface area contributed by atoms with Gasteiger partial charge in [0.2, 0.25) is 0 Å². The van der Waals surface area contributed by atoms with Crippen LogP contribution >= 0.6 is 27.6 Å². The van der Waals surface area contributed by atoms with Gasteiger partial charge in [0.05, 0.1) is 0 Å². The van der Waals surface area contributed by atoms with E-state index in [1.807, 2.05) is 0 Å². The molecular weight excluding hydrogens is 810 g/mol. The zero-order chi connectivity index (χ0) is 30.0. The van der Waals surface area contributed by atoms with Crippen molar-refractivity contribution in [2.45, 2.75) is 0 Å². The van der Waals surface area contributed by atoms with Gasteiger partial charge in [-0.3, -0.25) is 0 Å². The predicted octanol–water partition coefficient (Wildman–Crippen LogP) is 7.62. The van der Waals surface area contributed by atoms with Gasteiger partial charge in [-0.15, -0.1) is 10.2 Å². The van der Waals surface area contributed by atoms with Crippen LogP contribution in [0.15, 0.2) is 182 Å². The summed E-state index contributed by atoms with van der Waals surface area (Å²) in [7, 11) is -0.892. The summed E-state index contributed by atoms with van der Waals surface area (Å²) in [6.45, 7) is 0. The van der Waals surface area contributed by atoms with Gasteiger partial charge in [-0.1, -0.05) is 182 Å². The van der Waals surface area contributed by atoms with Crippen LogP contribution in [0.5, 0.6) is 0 Å². The van der Waals surface area contributed by atoms with Crippen LogP contribution in [0.3, 0.4) is 0 Å². The molecule has 0 aromatic heterocycles. The Balaban J connectivity index is 0.000000205. The SMILES string of the molecule is [Pt+2].[S-]CSC[S-].c1ccc(P(c2ccccc2)c2ccccc2)cc1.c1ccc(P(c2ccccc2)c2ccccc2)cc1. The second-order valence-electron chi connectivity index (χ2n) is 9.12. The third kappa shape index (κ3) is 11.7. The summed E-state index contributed by atoms with van der Waals surface area (Å²) in [5, 5.41) is 9.87. The molecule has 0 atom stereocenters. The fourth-order valence-corrected chi connectivity index (χ4v) is 9.89. The molecule has 0 aliphatic heterocycles. The molecular formula is C38H34P2PtS3. The Morgan fingerprint density at radius 2 is 0.477 bits per heavy atom. The smallest absolute Gasteiger partial charge is 0.782 e. The van der Waals surface area contributed by atoms with E-state index in [1.54, 1.807) is 11.8 Å². The second-order valence-corrected chi connectivity index (χ2v) is 15.9. The van der Waals surface area contributed by atoms with E-state index in [4.69, 9.17) is 0 Å². The Morgan fingerprint density at radius 1 is 0.318 bits per heavy atom. The van der Waals surface area contributed by atoms with Crippen LogP contribution < -0.4 is 31.8 Å². The third-order valence-electron chi connectivity index (χ3n) is 6.25. The minimum atomic E-state index is -0.446. The summed E-state index contributed by atoms with van der Waals surface area (Å²) in [6.07, 6.45) is 0. The van der Waals surface area contributed by atoms with Gasteiger partial charge in [0, 0.05) is 0 Å². The van der Waals surface area contributed by atoms with Crippen molar-refractivity contribution in [1.82, 2.24) is 0 Å². The average molecular weight is 844 g/mol. The summed E-state index contributed by atoms with van der Waals surface area (Å²) in [4.78, 5) is 0. The molecule has 0 N–H and O–H groups in total. The molecule has 0 aliphatic carbocycles. The van der Waals surface area contributed by atoms with Crippen molar-refractivity contribution in [1.29, 1.82) is 0 Å². The van der Waals surface area contributed by atoms with Crippen molar-refractivity contribution in [3.05, 3.63) is 182 Å². The van der Waals surface area contributed by atoms with E-state index in [9.17, 15) is 0 Å². The van der Waals surface area contributed by atoms with E-state index < -0.39 is 15.8 Å². The topological polar surface area (TPSA) is 0 Å². The minimum Gasteiger partial charge on any atom is -0.782 e. The van der Waals surface area contributed by atoms with Gasteiger partial charge in [0.15, 0.2) is 0 Å². The van der Waals surface area contributed by atoms with Crippen LogP contribution in [0.1, 0.15) is 0 Å². The number of thioether (sulfide) groups is 1. The monoisotopic (exact) mass is 843 g/mol. The van der Waals surface area contributed by atoms with E-state index in [2.05, 4.69) is 207 Å². The van der Waals surface area contributed by atoms with Crippen LogP contribution in [0.2, 0.25) is 0 Å². The number of rotatable bonds is 8. The molecule has 0 heterocycles. The molecule has 0 radical (unpaired) electrons. The molecule has 44 heavy (non-hydrogen) atoms. The first-order chi connectivity index (χ1) is 21.3. The Morgan fingerprint density at radius 3 is 0.591 bits per heavy atom. The maximum absolute atomic E-state index is 4.55. The Kier molecular flexibility index (Phi) is 17.9. The molecule has 0 amide bonds. The minimum absolute atomic E-state index is 0. The molecule has 224 valence electrons. The molecule has 0 unspecified atom stereocenters. The van der Waals surface area contributed by atoms with E-state index in [-0.39, 0.29) is 21.1 Å². The van der Waals surface area contributed by atoms with Crippen LogP contribution in [0.4, 0.5) is 0 Å². The van der Waals surface area contributed by atoms with Crippen LogP contribution in [-0.4, -0.2) is 10.2 Å². The summed E-state index contributed by atoms with van der Waals surface area (Å²) < 4.78 is 0. The van der Waals surface area contributed by atoms with E-state index >= 15 is 0 Å². The summed E-state index contributed by atoms with van der Waals surface area (Å²) in [6, 6.07) is 64.7. The van der Waals surface area contributed by atoms with Gasteiger partial charge >= 0.3 is 21.1 Å². The predicted molar refractivity (Wildman–Crippen MR) is 202 cm³/mol. The van der Waals surface area contributed by atoms with Crippen molar-refractivity contribution < 1.29 is 21.1 Å². The van der Waals surface area contributed by atoms with Gasteiger partial charge in [-0.05, 0) is 47.7 Å². The Labute approximate surface area is 295 Å². The Bertz CT molecular complexity index is 1240. The standard InChI is InChI=1S/2C18H15P.C2H6S3.Pt/c2*1-4-10-16(11-5-1)19(17-12-6-2-7-13-17)18-14-8-3-9-15-18;3-1-5-2-4;/h2*1-15H;3-4H,1-2H2;/q;;;+2/p-2. The van der Waals surface area contributed by atoms with E-state index in [1.165, 1.54) is 31.8 Å². The second kappa shape index (κ2) is 21.6. The Hall–Kier alpha value is -2.08. The molecule has 0 aliphatic rings. The third-order valence-corrected chi connectivity index (χ3v) is 12.5. The molecule has 6 aromatic carbocycles. The van der Waals surface area contributed by atoms with Gasteiger partial charge in [0.25, 0.3) is 0 Å². The fraction of sp³-hybridized carbons (Fsp3) is 0.0526. The summed E-state index contributed by atoms with van der Waals surface area (Å²) >= 11 is 10.7. The zero-order valence-electron chi connectivity index (χ0n) is 24.2. The maximum atomic E-state index is 4.55. The number of benzene rings is 6. The van der Waals surface area contributed by atoms with Gasteiger partial charge in [-0.25, -0.2) is 11.8 Å². The van der Waals surface area contributed by atoms with Crippen molar-refractivity contribution >= 4 is 84.7 Å². The van der Waals surface area contributed by atoms with Gasteiger partial charge in [-0.2, -0.15) is 0 Å². The zero-order valence-corrected chi connectivity index (χ0v) is 30.7. The molecule has 0 spiro atoms. The van der Waals surface area contributed by atoms with Gasteiger partial charge in [0.1, 0.15) is 0 Å². The molecule has 0 saturated carbocycles. The van der Waals surface area contributed by atoms with Crippen molar-refractivity contribution in [3.63, 3.8) is 0 Å². The molecule has 6 rings (SSSR count). The first-order valence-corrected chi connectivity index (χ1v) is 19.0. The first kappa shape index (κ1) is 36.4. The molecule has 0 saturated heterocycles. The normalized spacial score (nSPS) is 10.1. The first-order valence-electron chi connectivity index (χ1n) is 14.0. The fourth-order valence-electron chi connectivity index (χ4n) is 4.39. The molecule has 0 nitrogen and oxygen atoms in total. The number of hydrogen-bond acceptors (Lipinski definition) is 3. The molecule has 6 heteroatoms. The maximum Gasteiger partial charge on any atom is 2.00 e. The largest absolute Gasteiger partial charge is 2.00 e. The summed E-state index contributed by atoms with van der Waals surface area (Å²) in [5.41, 5.74) is 0. The summed E-state index contributed by atoms with van der Waals surface area (Å²) in [5.74, 6) is 0. The van der Waals surface area contributed by atoms with Crippen LogP contribution in [0, 0.1) is 0 Å². The van der Waals surface area contributed by atoms with Crippen LogP contribution in [-0.2, 0) is 46.3 Å². The quantitative estimate of drug-likeness (QED) is 0.115. The van der Waals surface area contributed by atoms with Gasteiger partial charge < -0.3 is 25.3 Å². The van der Waals surface area contributed by atoms with Crippen molar-refractivity contribution in [3.8, 4) is 0 Å². The van der Waals surface area contributed by atoms with E-state index in [0.29, 0.717) is 0 Å². The van der Waals surface area contributed by atoms with Crippen LogP contribution in [0.25, 0.3) is 0 Å². The van der Waals surface area contributed by atoms with Crippen molar-refractivity contribution in [2.75, 3.05) is 10.2 Å². The molecule has 0 fully saturated rings. The average Bonchev–Trinajstić information content (AvgIpc) is 3.09. The molecule has 6 aromatic rings. The van der Waals surface area contributed by atoms with E-state index in [0.717, 1.165) is 10.2 Å².